The van der Waals surface area contributed by atoms with E-state index >= 15 is 0 Å². The molecule has 0 saturated carbocycles. The molecule has 0 aromatic carbocycles. The first kappa shape index (κ1) is 32.8. The molecule has 1 aliphatic rings. The number of hydrogen-bond acceptors (Lipinski definition) is 4. The molecule has 1 unspecified atom stereocenters. The van der Waals surface area contributed by atoms with Crippen molar-refractivity contribution in [3.63, 3.8) is 0 Å². The SMILES string of the molecule is CC(C)=CC(=O)CC1=C(C(O[Si](C)(C)C(C)(C)C)c2cc(O[Si](C(C)C)(C(C)C)C(C)C)co2)CCCC1. The molecule has 0 aliphatic heterocycles. The van der Waals surface area contributed by atoms with E-state index in [1.165, 1.54) is 11.1 Å². The Morgan fingerprint density at radius 3 is 2.05 bits per heavy atom. The number of carbonyl (C=O) groups excluding carboxylic acids is 1. The molecule has 0 radical (unpaired) electrons. The van der Waals surface area contributed by atoms with Gasteiger partial charge in [0.05, 0.1) is 0 Å². The highest BCUT2D eigenvalue weighted by Gasteiger charge is 2.47. The molecule has 0 N–H and O–H groups in total. The van der Waals surface area contributed by atoms with Crippen molar-refractivity contribution in [2.45, 2.75) is 149 Å². The molecule has 1 atom stereocenters. The number of allylic oxidation sites excluding steroid dienone is 3. The lowest BCUT2D eigenvalue weighted by atomic mass is 9.85. The van der Waals surface area contributed by atoms with E-state index in [-0.39, 0.29) is 16.9 Å². The van der Waals surface area contributed by atoms with Crippen LogP contribution in [0.4, 0.5) is 0 Å². The lowest BCUT2D eigenvalue weighted by Crippen LogP contribution is -2.50. The average Bonchev–Trinajstić information content (AvgIpc) is 3.22. The third-order valence-electron chi connectivity index (χ3n) is 8.86. The second-order valence-corrected chi connectivity index (χ2v) is 24.2. The van der Waals surface area contributed by atoms with Gasteiger partial charge in [-0.05, 0) is 85.9 Å². The molecule has 6 heteroatoms. The molecular formula is C32H56O4Si2. The first-order valence-electron chi connectivity index (χ1n) is 14.8. The van der Waals surface area contributed by atoms with Crippen LogP contribution in [0.1, 0.15) is 120 Å². The molecule has 0 spiro atoms. The van der Waals surface area contributed by atoms with Crippen LogP contribution in [0.3, 0.4) is 0 Å². The van der Waals surface area contributed by atoms with Crippen LogP contribution in [0.5, 0.6) is 5.75 Å². The summed E-state index contributed by atoms with van der Waals surface area (Å²) in [5.74, 6) is 1.81. The summed E-state index contributed by atoms with van der Waals surface area (Å²) >= 11 is 0. The summed E-state index contributed by atoms with van der Waals surface area (Å²) < 4.78 is 20.4. The van der Waals surface area contributed by atoms with Crippen molar-refractivity contribution in [3.05, 3.63) is 40.9 Å². The summed E-state index contributed by atoms with van der Waals surface area (Å²) in [4.78, 5) is 12.8. The predicted molar refractivity (Wildman–Crippen MR) is 166 cm³/mol. The Bertz CT molecular complexity index is 979. The third-order valence-corrected chi connectivity index (χ3v) is 19.3. The minimum Gasteiger partial charge on any atom is -0.541 e. The molecule has 4 nitrogen and oxygen atoms in total. The van der Waals surface area contributed by atoms with Crippen LogP contribution >= 0.6 is 0 Å². The van der Waals surface area contributed by atoms with Gasteiger partial charge in [0.1, 0.15) is 23.9 Å². The number of furan rings is 1. The van der Waals surface area contributed by atoms with Crippen molar-refractivity contribution in [1.29, 1.82) is 0 Å². The molecule has 0 bridgehead atoms. The summed E-state index contributed by atoms with van der Waals surface area (Å²) in [6.45, 7) is 29.2. The molecule has 0 amide bonds. The molecule has 1 aromatic heterocycles. The van der Waals surface area contributed by atoms with Crippen molar-refractivity contribution >= 4 is 22.4 Å². The summed E-state index contributed by atoms with van der Waals surface area (Å²) in [5, 5.41) is 0.0550. The fourth-order valence-corrected chi connectivity index (χ4v) is 12.4. The minimum atomic E-state index is -2.14. The molecule has 2 rings (SSSR count). The minimum absolute atomic E-state index is 0.0550. The Balaban J connectivity index is 2.60. The number of rotatable bonds is 12. The van der Waals surface area contributed by atoms with Crippen molar-refractivity contribution in [2.75, 3.05) is 0 Å². The van der Waals surface area contributed by atoms with Crippen molar-refractivity contribution in [3.8, 4) is 5.75 Å². The first-order valence-corrected chi connectivity index (χ1v) is 19.8. The fraction of sp³-hybridized carbons (Fsp3) is 0.719. The van der Waals surface area contributed by atoms with Crippen LogP contribution < -0.4 is 4.43 Å². The Kier molecular flexibility index (Phi) is 11.1. The second-order valence-electron chi connectivity index (χ2n) is 14.1. The van der Waals surface area contributed by atoms with Gasteiger partial charge < -0.3 is 13.3 Å². The molecule has 38 heavy (non-hydrogen) atoms. The smallest absolute Gasteiger partial charge is 0.258 e. The number of hydrogen-bond donors (Lipinski definition) is 0. The Labute approximate surface area is 235 Å². The van der Waals surface area contributed by atoms with Gasteiger partial charge in [0.25, 0.3) is 8.32 Å². The van der Waals surface area contributed by atoms with Gasteiger partial charge in [-0.15, -0.1) is 0 Å². The van der Waals surface area contributed by atoms with Crippen LogP contribution in [0.15, 0.2) is 39.5 Å². The van der Waals surface area contributed by atoms with E-state index < -0.39 is 16.6 Å². The van der Waals surface area contributed by atoms with E-state index in [1.54, 1.807) is 12.3 Å². The lowest BCUT2D eigenvalue weighted by Gasteiger charge is -2.41. The molecule has 216 valence electrons. The van der Waals surface area contributed by atoms with Crippen LogP contribution in [0.2, 0.25) is 34.8 Å². The molecule has 1 aromatic rings. The zero-order valence-electron chi connectivity index (χ0n) is 26.7. The molecule has 0 fully saturated rings. The third kappa shape index (κ3) is 7.63. The molecule has 1 heterocycles. The van der Waals surface area contributed by atoms with Gasteiger partial charge in [-0.3, -0.25) is 4.79 Å². The highest BCUT2D eigenvalue weighted by molar-refractivity contribution is 6.78. The van der Waals surface area contributed by atoms with E-state index in [2.05, 4.69) is 81.5 Å². The van der Waals surface area contributed by atoms with Gasteiger partial charge in [0, 0.05) is 12.5 Å². The van der Waals surface area contributed by atoms with Crippen molar-refractivity contribution in [2.24, 2.45) is 0 Å². The second kappa shape index (κ2) is 12.9. The summed E-state index contributed by atoms with van der Waals surface area (Å²) in [5.41, 5.74) is 4.97. The Hall–Kier alpha value is -1.38. The van der Waals surface area contributed by atoms with Gasteiger partial charge in [0.15, 0.2) is 14.1 Å². The van der Waals surface area contributed by atoms with Gasteiger partial charge in [-0.25, -0.2) is 0 Å². The highest BCUT2D eigenvalue weighted by Crippen LogP contribution is 2.47. The van der Waals surface area contributed by atoms with Gasteiger partial charge in [0.2, 0.25) is 0 Å². The lowest BCUT2D eigenvalue weighted by molar-refractivity contribution is -0.114. The predicted octanol–water partition coefficient (Wildman–Crippen LogP) is 10.7. The highest BCUT2D eigenvalue weighted by atomic mass is 28.4. The normalized spacial score (nSPS) is 16.4. The molecule has 1 aliphatic carbocycles. The maximum absolute atomic E-state index is 12.8. The summed E-state index contributed by atoms with van der Waals surface area (Å²) in [6, 6.07) is 2.09. The quantitative estimate of drug-likeness (QED) is 0.145. The maximum Gasteiger partial charge on any atom is 0.258 e. The summed E-state index contributed by atoms with van der Waals surface area (Å²) in [7, 11) is -4.26. The van der Waals surface area contributed by atoms with Crippen molar-refractivity contribution in [1.82, 2.24) is 0 Å². The zero-order valence-corrected chi connectivity index (χ0v) is 28.7. The Morgan fingerprint density at radius 2 is 1.55 bits per heavy atom. The van der Waals surface area contributed by atoms with E-state index in [4.69, 9.17) is 13.3 Å². The van der Waals surface area contributed by atoms with Crippen LogP contribution in [-0.4, -0.2) is 22.4 Å². The van der Waals surface area contributed by atoms with Crippen LogP contribution in [0, 0.1) is 0 Å². The van der Waals surface area contributed by atoms with Gasteiger partial charge in [-0.2, -0.15) is 0 Å². The first-order chi connectivity index (χ1) is 17.4. The van der Waals surface area contributed by atoms with Crippen LogP contribution in [-0.2, 0) is 9.22 Å². The largest absolute Gasteiger partial charge is 0.541 e. The van der Waals surface area contributed by atoms with Crippen molar-refractivity contribution < 1.29 is 18.1 Å². The molecule has 0 saturated heterocycles. The standard InChI is InChI=1S/C32H56O4Si2/c1-22(2)18-27(33)19-26-16-14-15-17-29(26)31(36-37(12,13)32(9,10)11)30-20-28(21-34-30)35-38(23(3)4,24(5)6)25(7)8/h18,20-21,23-25,31H,14-17,19H2,1-13H3. The van der Waals surface area contributed by atoms with E-state index in [0.717, 1.165) is 42.8 Å². The van der Waals surface area contributed by atoms with E-state index in [0.29, 0.717) is 23.0 Å². The van der Waals surface area contributed by atoms with Crippen LogP contribution in [0.25, 0.3) is 0 Å². The molecular weight excluding hydrogens is 505 g/mol. The van der Waals surface area contributed by atoms with Gasteiger partial charge in [-0.1, -0.05) is 73.5 Å². The number of carbonyl (C=O) groups is 1. The summed E-state index contributed by atoms with van der Waals surface area (Å²) in [6.07, 6.45) is 7.87. The fourth-order valence-electron chi connectivity index (χ4n) is 5.95. The van der Waals surface area contributed by atoms with Gasteiger partial charge >= 0.3 is 0 Å². The zero-order chi connectivity index (χ0) is 29.1. The maximum atomic E-state index is 12.8. The Morgan fingerprint density at radius 1 is 1.00 bits per heavy atom. The number of ketones is 1. The van der Waals surface area contributed by atoms with E-state index in [9.17, 15) is 4.79 Å². The topological polar surface area (TPSA) is 48.7 Å². The average molecular weight is 561 g/mol. The van der Waals surface area contributed by atoms with E-state index in [1.807, 2.05) is 13.8 Å². The monoisotopic (exact) mass is 560 g/mol.